The molecule has 0 atom stereocenters. The zero-order valence-corrected chi connectivity index (χ0v) is 16.9. The summed E-state index contributed by atoms with van der Waals surface area (Å²) in [5.41, 5.74) is -0.875. The standard InChI is InChI=1S/C20H22F5N5O/c1-30(2)17-14(20(23,24)25)10-26-19(29-17)28-13-6-4-12(5-7-13)27-18(31)11-3-8-15(21)16(22)9-11/h3,8-10,12-13H,4-7H2,1-2H3,(H,27,31)(H,26,28,29)/t12-,13+. The van der Waals surface area contributed by atoms with Crippen LogP contribution in [0.3, 0.4) is 0 Å². The van der Waals surface area contributed by atoms with Crippen LogP contribution in [0.25, 0.3) is 0 Å². The van der Waals surface area contributed by atoms with Crippen LogP contribution in [0.15, 0.2) is 24.4 Å². The lowest BCUT2D eigenvalue weighted by molar-refractivity contribution is -0.137. The van der Waals surface area contributed by atoms with Gasteiger partial charge in [0.05, 0.1) is 0 Å². The molecule has 11 heteroatoms. The van der Waals surface area contributed by atoms with Crippen LogP contribution in [0.2, 0.25) is 0 Å². The smallest absolute Gasteiger partial charge is 0.362 e. The van der Waals surface area contributed by atoms with Gasteiger partial charge in [-0.1, -0.05) is 0 Å². The Morgan fingerprint density at radius 2 is 1.71 bits per heavy atom. The molecule has 2 aromatic rings. The van der Waals surface area contributed by atoms with Crippen molar-refractivity contribution in [2.24, 2.45) is 0 Å². The van der Waals surface area contributed by atoms with Crippen molar-refractivity contribution in [2.45, 2.75) is 43.9 Å². The summed E-state index contributed by atoms with van der Waals surface area (Å²) in [6, 6.07) is 2.75. The Bertz CT molecular complexity index is 942. The van der Waals surface area contributed by atoms with Crippen molar-refractivity contribution >= 4 is 17.7 Å². The summed E-state index contributed by atoms with van der Waals surface area (Å²) in [6.45, 7) is 0. The predicted octanol–water partition coefficient (Wildman–Crippen LogP) is 3.99. The second kappa shape index (κ2) is 9.03. The lowest BCUT2D eigenvalue weighted by atomic mass is 9.91. The van der Waals surface area contributed by atoms with Crippen LogP contribution in [0.4, 0.5) is 33.7 Å². The molecule has 3 rings (SSSR count). The van der Waals surface area contributed by atoms with E-state index >= 15 is 0 Å². The highest BCUT2D eigenvalue weighted by atomic mass is 19.4. The number of hydrogen-bond donors (Lipinski definition) is 2. The molecule has 0 radical (unpaired) electrons. The summed E-state index contributed by atoms with van der Waals surface area (Å²) in [6.07, 6.45) is -1.32. The number of benzene rings is 1. The summed E-state index contributed by atoms with van der Waals surface area (Å²) in [4.78, 5) is 21.3. The van der Waals surface area contributed by atoms with Gasteiger partial charge in [-0.3, -0.25) is 4.79 Å². The van der Waals surface area contributed by atoms with E-state index in [2.05, 4.69) is 20.6 Å². The Labute approximate surface area is 175 Å². The van der Waals surface area contributed by atoms with E-state index in [1.165, 1.54) is 25.1 Å². The van der Waals surface area contributed by atoms with Crippen molar-refractivity contribution in [1.29, 1.82) is 0 Å². The minimum absolute atomic E-state index is 0.0357. The molecule has 0 aliphatic heterocycles. The number of amides is 1. The minimum atomic E-state index is -4.55. The van der Waals surface area contributed by atoms with Crippen LogP contribution in [0.5, 0.6) is 0 Å². The van der Waals surface area contributed by atoms with Crippen molar-refractivity contribution in [2.75, 3.05) is 24.3 Å². The summed E-state index contributed by atoms with van der Waals surface area (Å²) in [7, 11) is 2.95. The third kappa shape index (κ3) is 5.59. The van der Waals surface area contributed by atoms with Gasteiger partial charge in [-0.05, 0) is 43.9 Å². The first-order chi connectivity index (χ1) is 14.5. The van der Waals surface area contributed by atoms with E-state index in [4.69, 9.17) is 0 Å². The number of hydrogen-bond acceptors (Lipinski definition) is 5. The van der Waals surface area contributed by atoms with E-state index in [9.17, 15) is 26.7 Å². The molecular formula is C20H22F5N5O. The highest BCUT2D eigenvalue weighted by Crippen LogP contribution is 2.35. The van der Waals surface area contributed by atoms with Crippen LogP contribution in [0.1, 0.15) is 41.6 Å². The van der Waals surface area contributed by atoms with E-state index < -0.39 is 29.3 Å². The lowest BCUT2D eigenvalue weighted by Crippen LogP contribution is -2.40. The molecular weight excluding hydrogens is 421 g/mol. The van der Waals surface area contributed by atoms with Gasteiger partial charge < -0.3 is 15.5 Å². The molecule has 6 nitrogen and oxygen atoms in total. The molecule has 1 amide bonds. The topological polar surface area (TPSA) is 70.2 Å². The van der Waals surface area contributed by atoms with E-state index in [0.717, 1.165) is 18.3 Å². The Kier molecular flexibility index (Phi) is 6.61. The first kappa shape index (κ1) is 22.7. The van der Waals surface area contributed by atoms with Crippen molar-refractivity contribution in [3.63, 3.8) is 0 Å². The van der Waals surface area contributed by atoms with Gasteiger partial charge in [0.15, 0.2) is 11.6 Å². The van der Waals surface area contributed by atoms with Crippen molar-refractivity contribution in [3.05, 3.63) is 47.2 Å². The zero-order valence-electron chi connectivity index (χ0n) is 16.9. The number of alkyl halides is 3. The maximum absolute atomic E-state index is 13.3. The average molecular weight is 443 g/mol. The van der Waals surface area contributed by atoms with E-state index in [1.807, 2.05) is 0 Å². The van der Waals surface area contributed by atoms with Crippen LogP contribution in [-0.4, -0.2) is 42.1 Å². The number of rotatable bonds is 5. The second-order valence-electron chi connectivity index (χ2n) is 7.62. The fourth-order valence-electron chi connectivity index (χ4n) is 3.45. The SMILES string of the molecule is CN(C)c1nc(N[C@H]2CC[C@@H](NC(=O)c3ccc(F)c(F)c3)CC2)ncc1C(F)(F)F. The number of halogens is 5. The van der Waals surface area contributed by atoms with Crippen LogP contribution in [-0.2, 0) is 6.18 Å². The van der Waals surface area contributed by atoms with Crippen molar-refractivity contribution in [1.82, 2.24) is 15.3 Å². The summed E-state index contributed by atoms with van der Waals surface area (Å²) in [5.74, 6) is -2.72. The molecule has 0 saturated heterocycles. The Morgan fingerprint density at radius 1 is 1.06 bits per heavy atom. The first-order valence-corrected chi connectivity index (χ1v) is 9.68. The molecule has 1 saturated carbocycles. The number of anilines is 2. The molecule has 31 heavy (non-hydrogen) atoms. The molecule has 1 aromatic heterocycles. The zero-order chi connectivity index (χ0) is 22.8. The maximum atomic E-state index is 13.3. The Morgan fingerprint density at radius 3 is 2.29 bits per heavy atom. The normalized spacial score (nSPS) is 19.1. The van der Waals surface area contributed by atoms with Gasteiger partial charge in [-0.2, -0.15) is 18.2 Å². The summed E-state index contributed by atoms with van der Waals surface area (Å²) < 4.78 is 65.6. The average Bonchev–Trinajstić information content (AvgIpc) is 2.70. The molecule has 1 aliphatic carbocycles. The predicted molar refractivity (Wildman–Crippen MR) is 105 cm³/mol. The lowest BCUT2D eigenvalue weighted by Gasteiger charge is -2.30. The molecule has 0 bridgehead atoms. The van der Waals surface area contributed by atoms with E-state index in [1.54, 1.807) is 0 Å². The maximum Gasteiger partial charge on any atom is 0.421 e. The van der Waals surface area contributed by atoms with Gasteiger partial charge in [-0.25, -0.2) is 13.8 Å². The van der Waals surface area contributed by atoms with Crippen LogP contribution in [0, 0.1) is 11.6 Å². The molecule has 1 aromatic carbocycles. The van der Waals surface area contributed by atoms with E-state index in [0.29, 0.717) is 25.7 Å². The number of nitrogens with one attached hydrogen (secondary N) is 2. The van der Waals surface area contributed by atoms with Gasteiger partial charge in [0.1, 0.15) is 11.4 Å². The van der Waals surface area contributed by atoms with E-state index in [-0.39, 0.29) is 29.4 Å². The van der Waals surface area contributed by atoms with Gasteiger partial charge in [0, 0.05) is 37.9 Å². The monoisotopic (exact) mass is 443 g/mol. The molecule has 0 unspecified atom stereocenters. The second-order valence-corrected chi connectivity index (χ2v) is 7.62. The molecule has 2 N–H and O–H groups in total. The highest BCUT2D eigenvalue weighted by molar-refractivity contribution is 5.94. The quantitative estimate of drug-likeness (QED) is 0.684. The number of carbonyl (C=O) groups is 1. The van der Waals surface area contributed by atoms with Crippen LogP contribution >= 0.6 is 0 Å². The molecule has 1 fully saturated rings. The number of carbonyl (C=O) groups excluding carboxylic acids is 1. The third-order valence-corrected chi connectivity index (χ3v) is 5.08. The Balaban J connectivity index is 1.57. The largest absolute Gasteiger partial charge is 0.421 e. The first-order valence-electron chi connectivity index (χ1n) is 9.68. The summed E-state index contributed by atoms with van der Waals surface area (Å²) in [5, 5.41) is 5.85. The molecule has 1 aliphatic rings. The number of nitrogens with zero attached hydrogens (tertiary/aromatic N) is 3. The fourth-order valence-corrected chi connectivity index (χ4v) is 3.45. The van der Waals surface area contributed by atoms with Gasteiger partial charge in [0.2, 0.25) is 5.95 Å². The van der Waals surface area contributed by atoms with Gasteiger partial charge in [0.25, 0.3) is 5.91 Å². The molecule has 1 heterocycles. The van der Waals surface area contributed by atoms with Crippen molar-refractivity contribution in [3.8, 4) is 0 Å². The van der Waals surface area contributed by atoms with Gasteiger partial charge in [-0.15, -0.1) is 0 Å². The molecule has 0 spiro atoms. The molecule has 168 valence electrons. The van der Waals surface area contributed by atoms with Crippen molar-refractivity contribution < 1.29 is 26.7 Å². The third-order valence-electron chi connectivity index (χ3n) is 5.08. The number of aromatic nitrogens is 2. The highest BCUT2D eigenvalue weighted by Gasteiger charge is 2.36. The van der Waals surface area contributed by atoms with Crippen LogP contribution < -0.4 is 15.5 Å². The Hall–Kier alpha value is -2.98. The summed E-state index contributed by atoms with van der Waals surface area (Å²) >= 11 is 0. The van der Waals surface area contributed by atoms with Gasteiger partial charge >= 0.3 is 6.18 Å². The fraction of sp³-hybridized carbons (Fsp3) is 0.450. The minimum Gasteiger partial charge on any atom is -0.362 e.